The van der Waals surface area contributed by atoms with Crippen LogP contribution in [0.5, 0.6) is 0 Å². The molecule has 102 valence electrons. The highest BCUT2D eigenvalue weighted by atomic mass is 15.1. The van der Waals surface area contributed by atoms with Gasteiger partial charge in [-0.15, -0.1) is 0 Å². The van der Waals surface area contributed by atoms with Crippen molar-refractivity contribution in [3.05, 3.63) is 54.2 Å². The average Bonchev–Trinajstić information content (AvgIpc) is 3.08. The zero-order valence-corrected chi connectivity index (χ0v) is 11.8. The third kappa shape index (κ3) is 1.85. The molecule has 0 atom stereocenters. The van der Waals surface area contributed by atoms with E-state index in [-0.39, 0.29) is 0 Å². The van der Waals surface area contributed by atoms with Gasteiger partial charge in [0.05, 0.1) is 24.1 Å². The predicted molar refractivity (Wildman–Crippen MR) is 80.9 cm³/mol. The molecule has 1 saturated carbocycles. The van der Waals surface area contributed by atoms with Crippen LogP contribution in [0.3, 0.4) is 0 Å². The molecule has 2 aromatic heterocycles. The molecule has 0 N–H and O–H groups in total. The van der Waals surface area contributed by atoms with Gasteiger partial charge in [0.25, 0.3) is 0 Å². The third-order valence-electron chi connectivity index (χ3n) is 4.27. The third-order valence-corrected chi connectivity index (χ3v) is 4.27. The lowest BCUT2D eigenvalue weighted by Crippen LogP contribution is -2.05. The lowest BCUT2D eigenvalue weighted by molar-refractivity contribution is 0.664. The minimum atomic E-state index is 0.694. The van der Waals surface area contributed by atoms with Gasteiger partial charge in [0.2, 0.25) is 0 Å². The van der Waals surface area contributed by atoms with Crippen molar-refractivity contribution >= 4 is 10.9 Å². The van der Waals surface area contributed by atoms with Crippen molar-refractivity contribution in [1.82, 2.24) is 14.1 Å². The van der Waals surface area contributed by atoms with E-state index in [4.69, 9.17) is 0 Å². The van der Waals surface area contributed by atoms with E-state index in [1.807, 2.05) is 12.5 Å². The Morgan fingerprint density at radius 3 is 2.95 bits per heavy atom. The Morgan fingerprint density at radius 2 is 2.15 bits per heavy atom. The summed E-state index contributed by atoms with van der Waals surface area (Å²) in [5.74, 6) is 0. The Kier molecular flexibility index (Phi) is 2.66. The fourth-order valence-electron chi connectivity index (χ4n) is 3.07. The smallest absolute Gasteiger partial charge is 0.0951 e. The van der Waals surface area contributed by atoms with Gasteiger partial charge in [-0.25, -0.2) is 4.98 Å². The second-order valence-corrected chi connectivity index (χ2v) is 5.68. The van der Waals surface area contributed by atoms with Crippen LogP contribution in [0.15, 0.2) is 43.0 Å². The minimum absolute atomic E-state index is 0.694. The van der Waals surface area contributed by atoms with Crippen molar-refractivity contribution < 1.29 is 0 Å². The summed E-state index contributed by atoms with van der Waals surface area (Å²) in [6.07, 6.45) is 9.88. The molecule has 1 aliphatic rings. The number of hydrogen-bond donors (Lipinski definition) is 0. The SMILES string of the molecule is CCc1cccc2ccn(Cc3cncn3C3CC3)c12. The van der Waals surface area contributed by atoms with Crippen LogP contribution in [0.25, 0.3) is 10.9 Å². The molecule has 0 spiro atoms. The first-order chi connectivity index (χ1) is 9.86. The van der Waals surface area contributed by atoms with Gasteiger partial charge in [-0.3, -0.25) is 0 Å². The fraction of sp³-hybridized carbons (Fsp3) is 0.353. The van der Waals surface area contributed by atoms with E-state index in [1.54, 1.807) is 0 Å². The van der Waals surface area contributed by atoms with Gasteiger partial charge in [0, 0.05) is 18.4 Å². The number of fused-ring (bicyclic) bond motifs is 1. The van der Waals surface area contributed by atoms with E-state index < -0.39 is 0 Å². The van der Waals surface area contributed by atoms with Crippen molar-refractivity contribution in [3.8, 4) is 0 Å². The maximum atomic E-state index is 4.34. The number of para-hydroxylation sites is 1. The quantitative estimate of drug-likeness (QED) is 0.704. The van der Waals surface area contributed by atoms with Gasteiger partial charge >= 0.3 is 0 Å². The number of hydrogen-bond acceptors (Lipinski definition) is 1. The lowest BCUT2D eigenvalue weighted by atomic mass is 10.1. The Morgan fingerprint density at radius 1 is 1.25 bits per heavy atom. The summed E-state index contributed by atoms with van der Waals surface area (Å²) in [7, 11) is 0. The number of benzene rings is 1. The van der Waals surface area contributed by atoms with Crippen LogP contribution in [-0.2, 0) is 13.0 Å². The standard InChI is InChI=1S/C17H19N3/c1-2-13-4-3-5-14-8-9-19(17(13)14)11-16-10-18-12-20(16)15-6-7-15/h3-5,8-10,12,15H,2,6-7,11H2,1H3. The van der Waals surface area contributed by atoms with Gasteiger partial charge in [-0.05, 0) is 36.3 Å². The zero-order valence-electron chi connectivity index (χ0n) is 11.8. The zero-order chi connectivity index (χ0) is 13.5. The van der Waals surface area contributed by atoms with Crippen LogP contribution >= 0.6 is 0 Å². The van der Waals surface area contributed by atoms with Gasteiger partial charge in [-0.2, -0.15) is 0 Å². The van der Waals surface area contributed by atoms with E-state index in [9.17, 15) is 0 Å². The molecule has 0 saturated heterocycles. The molecule has 0 bridgehead atoms. The molecular formula is C17H19N3. The van der Waals surface area contributed by atoms with Crippen LogP contribution in [0.2, 0.25) is 0 Å². The Hall–Kier alpha value is -2.03. The molecule has 1 aromatic carbocycles. The molecule has 3 nitrogen and oxygen atoms in total. The van der Waals surface area contributed by atoms with Crippen molar-refractivity contribution in [2.24, 2.45) is 0 Å². The number of aromatic nitrogens is 3. The number of aryl methyl sites for hydroxylation is 1. The summed E-state index contributed by atoms with van der Waals surface area (Å²) in [5, 5.41) is 1.34. The van der Waals surface area contributed by atoms with Crippen LogP contribution in [0.4, 0.5) is 0 Å². The Bertz CT molecular complexity index is 747. The van der Waals surface area contributed by atoms with E-state index in [0.717, 1.165) is 13.0 Å². The minimum Gasteiger partial charge on any atom is -0.341 e. The number of rotatable bonds is 4. The largest absolute Gasteiger partial charge is 0.341 e. The maximum Gasteiger partial charge on any atom is 0.0951 e. The van der Waals surface area contributed by atoms with Gasteiger partial charge in [0.15, 0.2) is 0 Å². The molecule has 0 amide bonds. The highest BCUT2D eigenvalue weighted by Crippen LogP contribution is 2.36. The number of nitrogens with zero attached hydrogens (tertiary/aromatic N) is 3. The van der Waals surface area contributed by atoms with E-state index in [1.165, 1.54) is 35.0 Å². The van der Waals surface area contributed by atoms with Crippen LogP contribution in [-0.4, -0.2) is 14.1 Å². The Balaban J connectivity index is 1.76. The van der Waals surface area contributed by atoms with Crippen molar-refractivity contribution in [1.29, 1.82) is 0 Å². The van der Waals surface area contributed by atoms with Crippen molar-refractivity contribution in [2.75, 3.05) is 0 Å². The highest BCUT2D eigenvalue weighted by molar-refractivity contribution is 5.83. The van der Waals surface area contributed by atoms with Crippen LogP contribution in [0.1, 0.15) is 37.1 Å². The molecule has 20 heavy (non-hydrogen) atoms. The first-order valence-corrected chi connectivity index (χ1v) is 7.44. The number of imidazole rings is 1. The second kappa shape index (κ2) is 4.51. The van der Waals surface area contributed by atoms with E-state index in [2.05, 4.69) is 51.5 Å². The molecule has 3 heteroatoms. The first-order valence-electron chi connectivity index (χ1n) is 7.44. The molecule has 2 heterocycles. The normalized spacial score (nSPS) is 15.1. The molecule has 1 fully saturated rings. The van der Waals surface area contributed by atoms with Crippen molar-refractivity contribution in [2.45, 2.75) is 38.8 Å². The molecule has 0 radical (unpaired) electrons. The summed E-state index contributed by atoms with van der Waals surface area (Å²) in [6.45, 7) is 3.14. The summed E-state index contributed by atoms with van der Waals surface area (Å²) < 4.78 is 4.71. The highest BCUT2D eigenvalue weighted by Gasteiger charge is 2.25. The van der Waals surface area contributed by atoms with Crippen molar-refractivity contribution in [3.63, 3.8) is 0 Å². The molecular weight excluding hydrogens is 246 g/mol. The molecule has 4 rings (SSSR count). The molecule has 0 unspecified atom stereocenters. The van der Waals surface area contributed by atoms with Gasteiger partial charge in [-0.1, -0.05) is 25.1 Å². The molecule has 1 aliphatic carbocycles. The van der Waals surface area contributed by atoms with Crippen LogP contribution in [0, 0.1) is 0 Å². The second-order valence-electron chi connectivity index (χ2n) is 5.68. The maximum absolute atomic E-state index is 4.34. The van der Waals surface area contributed by atoms with E-state index in [0.29, 0.717) is 6.04 Å². The van der Waals surface area contributed by atoms with Gasteiger partial charge < -0.3 is 9.13 Å². The monoisotopic (exact) mass is 265 g/mol. The molecule has 3 aromatic rings. The van der Waals surface area contributed by atoms with Crippen LogP contribution < -0.4 is 0 Å². The predicted octanol–water partition coefficient (Wildman–Crippen LogP) is 3.78. The van der Waals surface area contributed by atoms with Gasteiger partial charge in [0.1, 0.15) is 0 Å². The topological polar surface area (TPSA) is 22.8 Å². The lowest BCUT2D eigenvalue weighted by Gasteiger charge is -2.11. The average molecular weight is 265 g/mol. The Labute approximate surface area is 118 Å². The summed E-state index contributed by atoms with van der Waals surface area (Å²) in [4.78, 5) is 4.34. The molecule has 0 aliphatic heterocycles. The summed E-state index contributed by atoms with van der Waals surface area (Å²) in [6, 6.07) is 9.49. The van der Waals surface area contributed by atoms with E-state index >= 15 is 0 Å². The fourth-order valence-corrected chi connectivity index (χ4v) is 3.07. The summed E-state index contributed by atoms with van der Waals surface area (Å²) >= 11 is 0. The first kappa shape index (κ1) is 11.8. The summed E-state index contributed by atoms with van der Waals surface area (Å²) in [5.41, 5.74) is 4.11.